The maximum absolute atomic E-state index is 12.0. The minimum atomic E-state index is -0.595. The molecular weight excluding hydrogens is 256 g/mol. The van der Waals surface area contributed by atoms with Crippen LogP contribution in [0.4, 0.5) is 0 Å². The summed E-state index contributed by atoms with van der Waals surface area (Å²) in [6.07, 6.45) is 2.68. The fourth-order valence-electron chi connectivity index (χ4n) is 4.45. The Hall–Kier alpha value is -0.900. The molecule has 0 amide bonds. The summed E-state index contributed by atoms with van der Waals surface area (Å²) in [7, 11) is 1.38. The summed E-state index contributed by atoms with van der Waals surface area (Å²) >= 11 is 0. The lowest BCUT2D eigenvalue weighted by atomic mass is 9.52. The fraction of sp³-hybridized carbons (Fsp3) is 0.875. The molecule has 0 aromatic carbocycles. The van der Waals surface area contributed by atoms with E-state index in [2.05, 4.69) is 6.92 Å². The molecule has 1 unspecified atom stereocenters. The lowest BCUT2D eigenvalue weighted by Gasteiger charge is -2.53. The summed E-state index contributed by atoms with van der Waals surface area (Å²) in [4.78, 5) is 23.7. The van der Waals surface area contributed by atoms with Crippen LogP contribution in [0.25, 0.3) is 0 Å². The highest BCUT2D eigenvalue weighted by atomic mass is 16.5. The monoisotopic (exact) mass is 282 g/mol. The molecule has 0 aromatic heterocycles. The molecule has 0 saturated heterocycles. The molecule has 1 N–H and O–H groups in total. The van der Waals surface area contributed by atoms with Crippen molar-refractivity contribution < 1.29 is 19.4 Å². The number of carbonyl (C=O) groups is 2. The average Bonchev–Trinajstić information content (AvgIpc) is 2.42. The zero-order valence-corrected chi connectivity index (χ0v) is 12.9. The molecule has 6 atom stereocenters. The number of fused-ring (bicyclic) bond motifs is 1. The zero-order valence-electron chi connectivity index (χ0n) is 12.9. The number of ether oxygens (including phenoxy) is 1. The molecule has 0 aromatic rings. The van der Waals surface area contributed by atoms with Gasteiger partial charge in [0, 0.05) is 12.3 Å². The largest absolute Gasteiger partial charge is 0.469 e. The maximum atomic E-state index is 12.0. The number of Topliss-reactive ketones (excluding diaryl/α,β-unsaturated/α-hetero) is 1. The lowest BCUT2D eigenvalue weighted by molar-refractivity contribution is -0.160. The third-order valence-electron chi connectivity index (χ3n) is 5.86. The van der Waals surface area contributed by atoms with Crippen molar-refractivity contribution in [3.63, 3.8) is 0 Å². The minimum Gasteiger partial charge on any atom is -0.469 e. The van der Waals surface area contributed by atoms with Crippen molar-refractivity contribution in [2.45, 2.75) is 52.6 Å². The predicted octanol–water partition coefficient (Wildman–Crippen LogP) is 2.19. The third-order valence-corrected chi connectivity index (χ3v) is 5.86. The molecule has 0 bridgehead atoms. The molecular formula is C16H26O4. The van der Waals surface area contributed by atoms with E-state index < -0.39 is 6.10 Å². The lowest BCUT2D eigenvalue weighted by Crippen LogP contribution is -2.54. The van der Waals surface area contributed by atoms with Crippen molar-refractivity contribution in [3.8, 4) is 0 Å². The first kappa shape index (κ1) is 15.5. The summed E-state index contributed by atoms with van der Waals surface area (Å²) in [5, 5.41) is 10.8. The van der Waals surface area contributed by atoms with Crippen LogP contribution in [0.5, 0.6) is 0 Å². The van der Waals surface area contributed by atoms with E-state index in [9.17, 15) is 14.7 Å². The summed E-state index contributed by atoms with van der Waals surface area (Å²) in [6.45, 7) is 5.93. The van der Waals surface area contributed by atoms with Crippen molar-refractivity contribution in [1.29, 1.82) is 0 Å². The Balaban J connectivity index is 2.23. The van der Waals surface area contributed by atoms with Crippen LogP contribution in [-0.2, 0) is 14.3 Å². The number of aliphatic hydroxyl groups is 1. The van der Waals surface area contributed by atoms with Gasteiger partial charge in [0.15, 0.2) is 0 Å². The minimum absolute atomic E-state index is 0.0269. The van der Waals surface area contributed by atoms with Crippen molar-refractivity contribution >= 4 is 11.8 Å². The molecule has 0 aliphatic heterocycles. The Morgan fingerprint density at radius 2 is 2.10 bits per heavy atom. The Morgan fingerprint density at radius 1 is 1.45 bits per heavy atom. The average molecular weight is 282 g/mol. The van der Waals surface area contributed by atoms with Crippen LogP contribution in [0.2, 0.25) is 0 Å². The van der Waals surface area contributed by atoms with Gasteiger partial charge in [-0.05, 0) is 36.5 Å². The van der Waals surface area contributed by atoms with E-state index >= 15 is 0 Å². The van der Waals surface area contributed by atoms with E-state index in [1.165, 1.54) is 7.11 Å². The molecule has 2 saturated carbocycles. The normalized spacial score (nSPS) is 42.8. The molecule has 20 heavy (non-hydrogen) atoms. The second kappa shape index (κ2) is 5.47. The van der Waals surface area contributed by atoms with Crippen LogP contribution in [0.3, 0.4) is 0 Å². The highest BCUT2D eigenvalue weighted by Gasteiger charge is 2.53. The van der Waals surface area contributed by atoms with Gasteiger partial charge in [-0.3, -0.25) is 9.59 Å². The van der Waals surface area contributed by atoms with Crippen LogP contribution in [0.1, 0.15) is 46.5 Å². The number of esters is 1. The van der Waals surface area contributed by atoms with Crippen molar-refractivity contribution in [1.82, 2.24) is 0 Å². The molecule has 2 fully saturated rings. The van der Waals surface area contributed by atoms with Gasteiger partial charge in [-0.25, -0.2) is 0 Å². The second-order valence-corrected chi connectivity index (χ2v) is 6.94. The summed E-state index contributed by atoms with van der Waals surface area (Å²) < 4.78 is 4.81. The zero-order chi connectivity index (χ0) is 15.1. The van der Waals surface area contributed by atoms with Crippen LogP contribution in [0.15, 0.2) is 0 Å². The number of aliphatic hydroxyl groups excluding tert-OH is 1. The van der Waals surface area contributed by atoms with Crippen LogP contribution in [0, 0.1) is 29.1 Å². The SMILES string of the molecule is COC(=O)[C@@H](C)C1CC[C@@]2(C)CCC(=O)[C@@H](C)[C@@H]2[C@@H]1O. The number of hydrogen-bond acceptors (Lipinski definition) is 4. The van der Waals surface area contributed by atoms with Gasteiger partial charge < -0.3 is 9.84 Å². The topological polar surface area (TPSA) is 63.6 Å². The van der Waals surface area contributed by atoms with Crippen molar-refractivity contribution in [2.24, 2.45) is 29.1 Å². The standard InChI is InChI=1S/C16H26O4/c1-9(15(19)20-4)11-5-7-16(3)8-6-12(17)10(2)13(16)14(11)18/h9-11,13-14,18H,5-8H2,1-4H3/t9-,10+,11?,13+,14+,16-/m0/s1. The molecule has 2 aliphatic carbocycles. The van der Waals surface area contributed by atoms with Gasteiger partial charge >= 0.3 is 5.97 Å². The maximum Gasteiger partial charge on any atom is 0.308 e. The fourth-order valence-corrected chi connectivity index (χ4v) is 4.45. The highest BCUT2D eigenvalue weighted by molar-refractivity contribution is 5.82. The Bertz CT molecular complexity index is 405. The van der Waals surface area contributed by atoms with Crippen molar-refractivity contribution in [2.75, 3.05) is 7.11 Å². The van der Waals surface area contributed by atoms with E-state index in [-0.39, 0.29) is 40.8 Å². The van der Waals surface area contributed by atoms with Crippen LogP contribution < -0.4 is 0 Å². The smallest absolute Gasteiger partial charge is 0.308 e. The number of methoxy groups -OCH3 is 1. The molecule has 2 aliphatic rings. The van der Waals surface area contributed by atoms with Gasteiger partial charge in [0.25, 0.3) is 0 Å². The van der Waals surface area contributed by atoms with Gasteiger partial charge in [0.05, 0.1) is 19.1 Å². The summed E-state index contributed by atoms with van der Waals surface area (Å²) in [6, 6.07) is 0. The molecule has 4 nitrogen and oxygen atoms in total. The van der Waals surface area contributed by atoms with E-state index in [1.54, 1.807) is 0 Å². The second-order valence-electron chi connectivity index (χ2n) is 6.94. The van der Waals surface area contributed by atoms with Crippen LogP contribution in [-0.4, -0.2) is 30.1 Å². The third kappa shape index (κ3) is 2.39. The van der Waals surface area contributed by atoms with Gasteiger partial charge in [0.2, 0.25) is 0 Å². The van der Waals surface area contributed by atoms with E-state index in [0.29, 0.717) is 6.42 Å². The Morgan fingerprint density at radius 3 is 2.70 bits per heavy atom. The van der Waals surface area contributed by atoms with Gasteiger partial charge in [0.1, 0.15) is 5.78 Å². The summed E-state index contributed by atoms with van der Waals surface area (Å²) in [5.74, 6) is -0.589. The van der Waals surface area contributed by atoms with Gasteiger partial charge in [-0.2, -0.15) is 0 Å². The van der Waals surface area contributed by atoms with Crippen LogP contribution >= 0.6 is 0 Å². The molecule has 114 valence electrons. The van der Waals surface area contributed by atoms with E-state index in [4.69, 9.17) is 4.74 Å². The summed E-state index contributed by atoms with van der Waals surface area (Å²) in [5.41, 5.74) is 0.0269. The quantitative estimate of drug-likeness (QED) is 0.789. The van der Waals surface area contributed by atoms with Gasteiger partial charge in [-0.1, -0.05) is 20.8 Å². The Labute approximate surface area is 120 Å². The van der Waals surface area contributed by atoms with Gasteiger partial charge in [-0.15, -0.1) is 0 Å². The first-order chi connectivity index (χ1) is 9.31. The molecule has 2 rings (SSSR count). The first-order valence-corrected chi connectivity index (χ1v) is 7.60. The molecule has 0 radical (unpaired) electrons. The van der Waals surface area contributed by atoms with E-state index in [1.807, 2.05) is 13.8 Å². The van der Waals surface area contributed by atoms with E-state index in [0.717, 1.165) is 19.3 Å². The number of hydrogen-bond donors (Lipinski definition) is 1. The number of rotatable bonds is 2. The number of carbonyl (C=O) groups excluding carboxylic acids is 2. The molecule has 0 spiro atoms. The first-order valence-electron chi connectivity index (χ1n) is 7.60. The highest BCUT2D eigenvalue weighted by Crippen LogP contribution is 2.54. The van der Waals surface area contributed by atoms with Crippen molar-refractivity contribution in [3.05, 3.63) is 0 Å². The Kier molecular flexibility index (Phi) is 4.24. The number of ketones is 1. The molecule has 4 heteroatoms. The molecule has 0 heterocycles. The predicted molar refractivity (Wildman–Crippen MR) is 74.9 cm³/mol.